The highest BCUT2D eigenvalue weighted by Crippen LogP contribution is 2.39. The maximum absolute atomic E-state index is 12.4. The standard InChI is InChI=1S/C15H26BNO4/c18-15(12-9-11-6-7-13(12)21-11)17-14(16(19)20)8-10-4-2-1-3-5-10/h10-14,19-20H,1-9H2,(H,17,18)/t11-,12-,13+,14+/m1/s1. The topological polar surface area (TPSA) is 78.8 Å². The number of nitrogens with one attached hydrogen (secondary N) is 1. The highest BCUT2D eigenvalue weighted by molar-refractivity contribution is 6.43. The van der Waals surface area contributed by atoms with E-state index in [1.54, 1.807) is 0 Å². The minimum absolute atomic E-state index is 0.0427. The van der Waals surface area contributed by atoms with Crippen molar-refractivity contribution in [1.29, 1.82) is 0 Å². The maximum Gasteiger partial charge on any atom is 0.475 e. The van der Waals surface area contributed by atoms with E-state index >= 15 is 0 Å². The first-order chi connectivity index (χ1) is 10.1. The fourth-order valence-corrected chi connectivity index (χ4v) is 4.24. The Hall–Kier alpha value is -0.585. The zero-order chi connectivity index (χ0) is 14.8. The van der Waals surface area contributed by atoms with E-state index < -0.39 is 13.1 Å². The van der Waals surface area contributed by atoms with E-state index in [1.807, 2.05) is 0 Å². The molecule has 6 heteroatoms. The van der Waals surface area contributed by atoms with Crippen molar-refractivity contribution in [2.24, 2.45) is 11.8 Å². The van der Waals surface area contributed by atoms with Gasteiger partial charge in [-0.1, -0.05) is 32.1 Å². The van der Waals surface area contributed by atoms with Crippen LogP contribution in [0.3, 0.4) is 0 Å². The number of amides is 1. The van der Waals surface area contributed by atoms with Gasteiger partial charge in [-0.05, 0) is 31.6 Å². The van der Waals surface area contributed by atoms with Crippen molar-refractivity contribution in [3.63, 3.8) is 0 Å². The number of hydrogen-bond donors (Lipinski definition) is 3. The summed E-state index contributed by atoms with van der Waals surface area (Å²) in [7, 11) is -1.48. The van der Waals surface area contributed by atoms with Crippen LogP contribution in [0.5, 0.6) is 0 Å². The largest absolute Gasteiger partial charge is 0.475 e. The van der Waals surface area contributed by atoms with Crippen molar-refractivity contribution in [2.45, 2.75) is 75.9 Å². The van der Waals surface area contributed by atoms with E-state index in [4.69, 9.17) is 4.74 Å². The summed E-state index contributed by atoms with van der Waals surface area (Å²) in [5, 5.41) is 22.0. The molecule has 5 nitrogen and oxygen atoms in total. The molecule has 2 aliphatic heterocycles. The molecule has 2 heterocycles. The second-order valence-electron chi connectivity index (χ2n) is 6.98. The molecule has 3 fully saturated rings. The molecule has 2 bridgehead atoms. The number of carbonyl (C=O) groups is 1. The molecule has 0 aromatic rings. The van der Waals surface area contributed by atoms with Gasteiger partial charge in [-0.3, -0.25) is 4.79 Å². The summed E-state index contributed by atoms with van der Waals surface area (Å²) in [5.41, 5.74) is 0. The molecule has 1 amide bonds. The summed E-state index contributed by atoms with van der Waals surface area (Å²) in [5.74, 6) is -0.200. The van der Waals surface area contributed by atoms with Gasteiger partial charge < -0.3 is 20.1 Å². The van der Waals surface area contributed by atoms with Crippen LogP contribution in [0.15, 0.2) is 0 Å². The van der Waals surface area contributed by atoms with Gasteiger partial charge in [0.05, 0.1) is 24.1 Å². The molecule has 3 rings (SSSR count). The zero-order valence-corrected chi connectivity index (χ0v) is 12.5. The Balaban J connectivity index is 1.53. The van der Waals surface area contributed by atoms with Gasteiger partial charge in [0.15, 0.2) is 0 Å². The van der Waals surface area contributed by atoms with Crippen LogP contribution in [0.1, 0.15) is 57.8 Å². The van der Waals surface area contributed by atoms with Gasteiger partial charge in [0, 0.05) is 0 Å². The van der Waals surface area contributed by atoms with Gasteiger partial charge in [0.2, 0.25) is 5.91 Å². The van der Waals surface area contributed by atoms with Crippen LogP contribution < -0.4 is 5.32 Å². The fourth-order valence-electron chi connectivity index (χ4n) is 4.24. The lowest BCUT2D eigenvalue weighted by atomic mass is 9.71. The third-order valence-corrected chi connectivity index (χ3v) is 5.44. The minimum atomic E-state index is -1.48. The summed E-state index contributed by atoms with van der Waals surface area (Å²) in [6.45, 7) is 0. The monoisotopic (exact) mass is 295 g/mol. The lowest BCUT2D eigenvalue weighted by Gasteiger charge is -2.28. The Morgan fingerprint density at radius 3 is 2.52 bits per heavy atom. The number of hydrogen-bond acceptors (Lipinski definition) is 4. The number of fused-ring (bicyclic) bond motifs is 2. The predicted octanol–water partition coefficient (Wildman–Crippen LogP) is 1.02. The Labute approximate surface area is 126 Å². The third kappa shape index (κ3) is 3.60. The van der Waals surface area contributed by atoms with E-state index in [-0.39, 0.29) is 24.0 Å². The summed E-state index contributed by atoms with van der Waals surface area (Å²) in [4.78, 5) is 12.4. The van der Waals surface area contributed by atoms with Crippen molar-refractivity contribution in [1.82, 2.24) is 5.32 Å². The van der Waals surface area contributed by atoms with E-state index in [1.165, 1.54) is 19.3 Å². The summed E-state index contributed by atoms with van der Waals surface area (Å²) < 4.78 is 5.71. The van der Waals surface area contributed by atoms with Crippen LogP contribution in [0.25, 0.3) is 0 Å². The molecular formula is C15H26BNO4. The van der Waals surface area contributed by atoms with Gasteiger partial charge in [-0.25, -0.2) is 0 Å². The first kappa shape index (κ1) is 15.3. The molecule has 3 N–H and O–H groups in total. The van der Waals surface area contributed by atoms with Crippen molar-refractivity contribution in [3.05, 3.63) is 0 Å². The molecule has 118 valence electrons. The lowest BCUT2D eigenvalue weighted by Crippen LogP contribution is -2.50. The first-order valence-electron chi connectivity index (χ1n) is 8.45. The van der Waals surface area contributed by atoms with E-state index in [2.05, 4.69) is 5.32 Å². The van der Waals surface area contributed by atoms with Gasteiger partial charge in [-0.2, -0.15) is 0 Å². The minimum Gasteiger partial charge on any atom is -0.426 e. The van der Waals surface area contributed by atoms with Gasteiger partial charge in [0.1, 0.15) is 0 Å². The Bertz CT molecular complexity index is 373. The van der Waals surface area contributed by atoms with Crippen molar-refractivity contribution in [2.75, 3.05) is 0 Å². The normalized spacial score (nSPS) is 33.9. The van der Waals surface area contributed by atoms with Crippen molar-refractivity contribution >= 4 is 13.0 Å². The van der Waals surface area contributed by atoms with E-state index in [0.717, 1.165) is 32.1 Å². The Morgan fingerprint density at radius 1 is 1.19 bits per heavy atom. The maximum atomic E-state index is 12.4. The molecule has 0 spiro atoms. The average molecular weight is 295 g/mol. The SMILES string of the molecule is O=C(N[C@@H](CC1CCCCC1)B(O)O)[C@@H]1C[C@H]2CC[C@@H]1O2. The summed E-state index contributed by atoms with van der Waals surface area (Å²) >= 11 is 0. The van der Waals surface area contributed by atoms with Gasteiger partial charge >= 0.3 is 7.12 Å². The molecule has 2 saturated heterocycles. The Morgan fingerprint density at radius 2 is 1.95 bits per heavy atom. The molecule has 0 radical (unpaired) electrons. The van der Waals surface area contributed by atoms with Crippen LogP contribution >= 0.6 is 0 Å². The summed E-state index contributed by atoms with van der Waals surface area (Å²) in [6, 6.07) is 0. The highest BCUT2D eigenvalue weighted by Gasteiger charge is 2.45. The van der Waals surface area contributed by atoms with Crippen molar-refractivity contribution in [3.8, 4) is 0 Å². The fraction of sp³-hybridized carbons (Fsp3) is 0.933. The third-order valence-electron chi connectivity index (χ3n) is 5.44. The zero-order valence-electron chi connectivity index (χ0n) is 12.5. The van der Waals surface area contributed by atoms with E-state index in [0.29, 0.717) is 12.3 Å². The lowest BCUT2D eigenvalue weighted by molar-refractivity contribution is -0.127. The molecule has 3 aliphatic rings. The predicted molar refractivity (Wildman–Crippen MR) is 79.3 cm³/mol. The molecule has 4 atom stereocenters. The van der Waals surface area contributed by atoms with Gasteiger partial charge in [-0.15, -0.1) is 0 Å². The first-order valence-corrected chi connectivity index (χ1v) is 8.45. The van der Waals surface area contributed by atoms with E-state index in [9.17, 15) is 14.8 Å². The molecule has 0 aromatic carbocycles. The van der Waals surface area contributed by atoms with Crippen molar-refractivity contribution < 1.29 is 19.6 Å². The van der Waals surface area contributed by atoms with Crippen LogP contribution in [-0.2, 0) is 9.53 Å². The molecule has 1 aliphatic carbocycles. The smallest absolute Gasteiger partial charge is 0.426 e. The quantitative estimate of drug-likeness (QED) is 0.662. The second kappa shape index (κ2) is 6.67. The Kier molecular flexibility index (Phi) is 4.87. The number of carbonyl (C=O) groups excluding carboxylic acids is 1. The second-order valence-corrected chi connectivity index (χ2v) is 6.98. The molecule has 1 saturated carbocycles. The highest BCUT2D eigenvalue weighted by atomic mass is 16.5. The molecule has 21 heavy (non-hydrogen) atoms. The van der Waals surface area contributed by atoms with Crippen LogP contribution in [0.2, 0.25) is 0 Å². The molecular weight excluding hydrogens is 269 g/mol. The average Bonchev–Trinajstić information content (AvgIpc) is 3.10. The molecule has 0 unspecified atom stereocenters. The van der Waals surface area contributed by atoms with Crippen LogP contribution in [-0.4, -0.2) is 41.2 Å². The summed E-state index contributed by atoms with van der Waals surface area (Å²) in [6.07, 6.45) is 9.73. The number of ether oxygens (including phenoxy) is 1. The molecule has 0 aromatic heterocycles. The van der Waals surface area contributed by atoms with Crippen LogP contribution in [0, 0.1) is 11.8 Å². The van der Waals surface area contributed by atoms with Gasteiger partial charge in [0.25, 0.3) is 0 Å². The number of rotatable bonds is 5. The van der Waals surface area contributed by atoms with Crippen LogP contribution in [0.4, 0.5) is 0 Å².